The Hall–Kier alpha value is -0.840. The Bertz CT molecular complexity index is 667. The van der Waals surface area contributed by atoms with E-state index in [1.165, 1.54) is 0 Å². The Labute approximate surface area is 136 Å². The molecule has 6 heteroatoms. The van der Waals surface area contributed by atoms with Crippen LogP contribution in [0.1, 0.15) is 28.7 Å². The molecule has 0 N–H and O–H groups in total. The third-order valence-electron chi connectivity index (χ3n) is 3.07. The van der Waals surface area contributed by atoms with Crippen molar-refractivity contribution >= 4 is 44.9 Å². The summed E-state index contributed by atoms with van der Waals surface area (Å²) in [7, 11) is 1.79. The van der Waals surface area contributed by atoms with E-state index in [0.717, 1.165) is 22.3 Å². The Morgan fingerprint density at radius 2 is 2.10 bits per heavy atom. The van der Waals surface area contributed by atoms with Crippen LogP contribution in [-0.2, 0) is 19.9 Å². The number of Topliss-reactive ketones (excluding diaryl/α,β-unsaturated/α-hetero) is 1. The van der Waals surface area contributed by atoms with Gasteiger partial charge in [0.15, 0.2) is 5.78 Å². The lowest BCUT2D eigenvalue weighted by Crippen LogP contribution is -2.08. The van der Waals surface area contributed by atoms with Crippen LogP contribution < -0.4 is 0 Å². The minimum absolute atomic E-state index is 0.0352. The first-order chi connectivity index (χ1) is 9.43. The summed E-state index contributed by atoms with van der Waals surface area (Å²) in [5, 5.41) is 5.40. The van der Waals surface area contributed by atoms with E-state index in [1.54, 1.807) is 29.9 Å². The predicted molar refractivity (Wildman–Crippen MR) is 84.8 cm³/mol. The summed E-state index contributed by atoms with van der Waals surface area (Å²) in [6.45, 7) is 1.98. The molecule has 0 unspecified atom stereocenters. The third-order valence-corrected chi connectivity index (χ3v) is 4.74. The Balaban J connectivity index is 2.28. The fraction of sp³-hybridized carbons (Fsp3) is 0.286. The van der Waals surface area contributed by atoms with Gasteiger partial charge in [-0.05, 0) is 34.5 Å². The number of aromatic nitrogens is 2. The zero-order chi connectivity index (χ0) is 14.9. The van der Waals surface area contributed by atoms with Crippen LogP contribution in [0.4, 0.5) is 0 Å². The number of aryl methyl sites for hydroxylation is 2. The van der Waals surface area contributed by atoms with Crippen LogP contribution in [0.3, 0.4) is 0 Å². The lowest BCUT2D eigenvalue weighted by molar-refractivity contribution is 0.0990. The highest BCUT2D eigenvalue weighted by Gasteiger charge is 2.17. The van der Waals surface area contributed by atoms with Crippen molar-refractivity contribution in [2.45, 2.75) is 19.8 Å². The second kappa shape index (κ2) is 6.29. The molecule has 0 atom stereocenters. The molecule has 0 bridgehead atoms. The molecule has 0 aliphatic heterocycles. The summed E-state index contributed by atoms with van der Waals surface area (Å²) in [4.78, 5) is 12.3. The fourth-order valence-electron chi connectivity index (χ4n) is 1.94. The van der Waals surface area contributed by atoms with Gasteiger partial charge < -0.3 is 0 Å². The molecule has 0 aliphatic carbocycles. The van der Waals surface area contributed by atoms with E-state index in [0.29, 0.717) is 15.6 Å². The number of ketones is 1. The quantitative estimate of drug-likeness (QED) is 0.738. The van der Waals surface area contributed by atoms with E-state index in [-0.39, 0.29) is 12.2 Å². The third kappa shape index (κ3) is 3.08. The van der Waals surface area contributed by atoms with E-state index >= 15 is 0 Å². The molecule has 0 aliphatic rings. The first kappa shape index (κ1) is 15.5. The number of rotatable bonds is 4. The minimum Gasteiger partial charge on any atom is -0.294 e. The predicted octanol–water partition coefficient (Wildman–Crippen LogP) is 4.48. The molecule has 1 aromatic carbocycles. The van der Waals surface area contributed by atoms with Crippen LogP contribution in [0.2, 0.25) is 10.0 Å². The first-order valence-electron chi connectivity index (χ1n) is 6.12. The normalized spacial score (nSPS) is 10.8. The number of nitrogens with zero attached hydrogens (tertiary/aromatic N) is 2. The van der Waals surface area contributed by atoms with Crippen molar-refractivity contribution in [2.24, 2.45) is 7.05 Å². The van der Waals surface area contributed by atoms with Crippen molar-refractivity contribution in [3.05, 3.63) is 49.7 Å². The summed E-state index contributed by atoms with van der Waals surface area (Å²) < 4.78 is 2.43. The van der Waals surface area contributed by atoms with Crippen molar-refractivity contribution in [2.75, 3.05) is 0 Å². The number of carbonyl (C=O) groups excluding carboxylic acids is 1. The largest absolute Gasteiger partial charge is 0.294 e. The van der Waals surface area contributed by atoms with Gasteiger partial charge in [-0.1, -0.05) is 36.2 Å². The van der Waals surface area contributed by atoms with Crippen LogP contribution in [0, 0.1) is 0 Å². The van der Waals surface area contributed by atoms with Crippen molar-refractivity contribution in [3.8, 4) is 0 Å². The van der Waals surface area contributed by atoms with Crippen LogP contribution in [-0.4, -0.2) is 15.6 Å². The second-order valence-electron chi connectivity index (χ2n) is 4.41. The molecular weight excluding hydrogens is 363 g/mol. The average Bonchev–Trinajstić information content (AvgIpc) is 2.69. The zero-order valence-electron chi connectivity index (χ0n) is 11.1. The molecule has 0 fully saturated rings. The van der Waals surface area contributed by atoms with Crippen molar-refractivity contribution in [1.29, 1.82) is 0 Å². The van der Waals surface area contributed by atoms with Gasteiger partial charge in [0.25, 0.3) is 0 Å². The van der Waals surface area contributed by atoms with Gasteiger partial charge in [0.1, 0.15) is 0 Å². The molecule has 2 rings (SSSR count). The van der Waals surface area contributed by atoms with Gasteiger partial charge in [0.2, 0.25) is 0 Å². The van der Waals surface area contributed by atoms with Crippen molar-refractivity contribution in [3.63, 3.8) is 0 Å². The molecule has 1 heterocycles. The van der Waals surface area contributed by atoms with Crippen molar-refractivity contribution < 1.29 is 4.79 Å². The minimum atomic E-state index is -0.0352. The maximum Gasteiger partial charge on any atom is 0.168 e. The van der Waals surface area contributed by atoms with Gasteiger partial charge in [-0.25, -0.2) is 0 Å². The van der Waals surface area contributed by atoms with Crippen LogP contribution in [0.25, 0.3) is 0 Å². The molecule has 0 saturated carbocycles. The SMILES string of the molecule is CCc1nn(C)c(CC(=O)c2ccc(Br)c(Cl)c2)c1Cl. The molecule has 0 radical (unpaired) electrons. The molecular formula is C14H13BrCl2N2O. The molecule has 20 heavy (non-hydrogen) atoms. The molecule has 3 nitrogen and oxygen atoms in total. The Morgan fingerprint density at radius 1 is 1.40 bits per heavy atom. The first-order valence-corrected chi connectivity index (χ1v) is 7.67. The number of benzene rings is 1. The van der Waals surface area contributed by atoms with Crippen LogP contribution >= 0.6 is 39.1 Å². The van der Waals surface area contributed by atoms with Gasteiger partial charge >= 0.3 is 0 Å². The number of hydrogen-bond donors (Lipinski definition) is 0. The highest BCUT2D eigenvalue weighted by Crippen LogP contribution is 2.25. The molecule has 106 valence electrons. The van der Waals surface area contributed by atoms with Gasteiger partial charge in [-0.3, -0.25) is 9.48 Å². The summed E-state index contributed by atoms with van der Waals surface area (Å²) in [5.74, 6) is -0.0352. The molecule has 0 amide bonds. The van der Waals surface area contributed by atoms with Gasteiger partial charge in [0.05, 0.1) is 27.9 Å². The second-order valence-corrected chi connectivity index (χ2v) is 6.05. The summed E-state index contributed by atoms with van der Waals surface area (Å²) in [6, 6.07) is 5.15. The van der Waals surface area contributed by atoms with E-state index in [2.05, 4.69) is 21.0 Å². The lowest BCUT2D eigenvalue weighted by atomic mass is 10.1. The van der Waals surface area contributed by atoms with Crippen LogP contribution in [0.5, 0.6) is 0 Å². The molecule has 1 aromatic heterocycles. The fourth-order valence-corrected chi connectivity index (χ4v) is 2.72. The van der Waals surface area contributed by atoms with E-state index in [4.69, 9.17) is 23.2 Å². The Kier molecular flexibility index (Phi) is 4.89. The average molecular weight is 376 g/mol. The zero-order valence-corrected chi connectivity index (χ0v) is 14.2. The maximum atomic E-state index is 12.3. The highest BCUT2D eigenvalue weighted by molar-refractivity contribution is 9.10. The summed E-state index contributed by atoms with van der Waals surface area (Å²) >= 11 is 15.6. The summed E-state index contributed by atoms with van der Waals surface area (Å²) in [5.41, 5.74) is 2.10. The van der Waals surface area contributed by atoms with E-state index in [1.807, 2.05) is 6.92 Å². The topological polar surface area (TPSA) is 34.9 Å². The van der Waals surface area contributed by atoms with Gasteiger partial charge in [0, 0.05) is 17.1 Å². The van der Waals surface area contributed by atoms with E-state index in [9.17, 15) is 4.79 Å². The smallest absolute Gasteiger partial charge is 0.168 e. The number of carbonyl (C=O) groups is 1. The summed E-state index contributed by atoms with van der Waals surface area (Å²) in [6.07, 6.45) is 0.950. The molecule has 2 aromatic rings. The maximum absolute atomic E-state index is 12.3. The highest BCUT2D eigenvalue weighted by atomic mass is 79.9. The van der Waals surface area contributed by atoms with Gasteiger partial charge in [-0.2, -0.15) is 5.10 Å². The lowest BCUT2D eigenvalue weighted by Gasteiger charge is -2.04. The van der Waals surface area contributed by atoms with Gasteiger partial charge in [-0.15, -0.1) is 0 Å². The van der Waals surface area contributed by atoms with E-state index < -0.39 is 0 Å². The standard InChI is InChI=1S/C14H13BrCl2N2O/c1-3-11-14(17)12(19(2)18-11)7-13(20)8-4-5-9(15)10(16)6-8/h4-6H,3,7H2,1-2H3. The molecule has 0 saturated heterocycles. The van der Waals surface area contributed by atoms with Crippen molar-refractivity contribution in [1.82, 2.24) is 9.78 Å². The molecule has 0 spiro atoms. The monoisotopic (exact) mass is 374 g/mol. The Morgan fingerprint density at radius 3 is 2.65 bits per heavy atom. The number of halogens is 3. The van der Waals surface area contributed by atoms with Crippen LogP contribution in [0.15, 0.2) is 22.7 Å². The number of hydrogen-bond acceptors (Lipinski definition) is 2.